The molecule has 1 rings (SSSR count). The second-order valence-electron chi connectivity index (χ2n) is 3.16. The first-order valence-corrected chi connectivity index (χ1v) is 5.44. The molecule has 0 heterocycles. The van der Waals surface area contributed by atoms with E-state index in [1.807, 2.05) is 30.3 Å². The first kappa shape index (κ1) is 12.5. The number of ether oxygens (including phenoxy) is 1. The van der Waals surface area contributed by atoms with Crippen LogP contribution in [0.2, 0.25) is 0 Å². The predicted molar refractivity (Wildman–Crippen MR) is 66.0 cm³/mol. The largest absolute Gasteiger partial charge is 0.431 e. The van der Waals surface area contributed by atoms with E-state index < -0.39 is 5.97 Å². The van der Waals surface area contributed by atoms with Crippen molar-refractivity contribution in [1.29, 1.82) is 0 Å². The monoisotopic (exact) mass is 236 g/mol. The maximum absolute atomic E-state index is 11.3. The van der Waals surface area contributed by atoms with Crippen LogP contribution in [0.3, 0.4) is 0 Å². The summed E-state index contributed by atoms with van der Waals surface area (Å²) in [6, 6.07) is 9.57. The summed E-state index contributed by atoms with van der Waals surface area (Å²) in [6.45, 7) is 3.58. The molecular weight excluding hydrogens is 224 g/mol. The smallest absolute Gasteiger partial charge is 0.338 e. The Morgan fingerprint density at radius 3 is 2.69 bits per heavy atom. The van der Waals surface area contributed by atoms with E-state index in [1.54, 1.807) is 6.08 Å². The molecule has 0 radical (unpaired) electrons. The Balaban J connectivity index is 2.43. The molecule has 0 atom stereocenters. The Morgan fingerprint density at radius 1 is 1.38 bits per heavy atom. The fourth-order valence-corrected chi connectivity index (χ4v) is 1.27. The average molecular weight is 237 g/mol. The molecule has 0 fully saturated rings. The van der Waals surface area contributed by atoms with Gasteiger partial charge >= 0.3 is 5.97 Å². The Bertz CT molecular complexity index is 382. The van der Waals surface area contributed by atoms with Gasteiger partial charge in [0, 0.05) is 11.5 Å². The summed E-state index contributed by atoms with van der Waals surface area (Å²) in [5, 5.41) is 0. The number of halogens is 1. The lowest BCUT2D eigenvalue weighted by Gasteiger charge is -2.00. The van der Waals surface area contributed by atoms with Gasteiger partial charge in [-0.15, -0.1) is 11.6 Å². The summed E-state index contributed by atoms with van der Waals surface area (Å²) < 4.78 is 4.88. The van der Waals surface area contributed by atoms with Gasteiger partial charge in [0.2, 0.25) is 0 Å². The van der Waals surface area contributed by atoms with Gasteiger partial charge in [-0.05, 0) is 18.1 Å². The normalized spacial score (nSPS) is 10.3. The molecule has 1 aromatic rings. The number of hydrogen-bond donors (Lipinski definition) is 0. The lowest BCUT2D eigenvalue weighted by molar-refractivity contribution is -0.133. The van der Waals surface area contributed by atoms with Crippen LogP contribution in [0, 0.1) is 0 Å². The van der Waals surface area contributed by atoms with E-state index in [9.17, 15) is 4.79 Å². The topological polar surface area (TPSA) is 26.3 Å². The third kappa shape index (κ3) is 4.32. The molecule has 2 nitrogen and oxygen atoms in total. The van der Waals surface area contributed by atoms with Gasteiger partial charge in [0.05, 0.1) is 6.26 Å². The standard InChI is InChI=1S/C13H13ClO2/c1-11(7-9-14)13(15)16-10-8-12-5-3-2-4-6-12/h2-6,8,10H,1,7,9H2. The molecule has 0 aliphatic rings. The van der Waals surface area contributed by atoms with Crippen molar-refractivity contribution in [3.05, 3.63) is 54.3 Å². The van der Waals surface area contributed by atoms with Gasteiger partial charge in [-0.1, -0.05) is 36.9 Å². The Hall–Kier alpha value is -1.54. The van der Waals surface area contributed by atoms with E-state index in [0.29, 0.717) is 17.9 Å². The van der Waals surface area contributed by atoms with Crippen molar-refractivity contribution in [2.45, 2.75) is 6.42 Å². The zero-order valence-corrected chi connectivity index (χ0v) is 9.61. The molecule has 0 N–H and O–H groups in total. The highest BCUT2D eigenvalue weighted by atomic mass is 35.5. The van der Waals surface area contributed by atoms with E-state index in [1.165, 1.54) is 6.26 Å². The highest BCUT2D eigenvalue weighted by Crippen LogP contribution is 2.05. The predicted octanol–water partition coefficient (Wildman–Crippen LogP) is 3.39. The molecule has 0 saturated carbocycles. The van der Waals surface area contributed by atoms with Crippen molar-refractivity contribution in [2.75, 3.05) is 5.88 Å². The maximum Gasteiger partial charge on any atom is 0.338 e. The van der Waals surface area contributed by atoms with Gasteiger partial charge in [0.25, 0.3) is 0 Å². The minimum Gasteiger partial charge on any atom is -0.431 e. The fourth-order valence-electron chi connectivity index (χ4n) is 1.04. The molecule has 0 aliphatic carbocycles. The SMILES string of the molecule is C=C(CCCl)C(=O)OC=Cc1ccccc1. The minimum atomic E-state index is -0.437. The quantitative estimate of drug-likeness (QED) is 0.339. The second-order valence-corrected chi connectivity index (χ2v) is 3.54. The fraction of sp³-hybridized carbons (Fsp3) is 0.154. The van der Waals surface area contributed by atoms with Crippen LogP contribution in [0.1, 0.15) is 12.0 Å². The molecule has 1 aromatic carbocycles. The zero-order valence-electron chi connectivity index (χ0n) is 8.86. The zero-order chi connectivity index (χ0) is 11.8. The number of carbonyl (C=O) groups excluding carboxylic acids is 1. The van der Waals surface area contributed by atoms with Gasteiger partial charge < -0.3 is 4.74 Å². The number of alkyl halides is 1. The average Bonchev–Trinajstić information content (AvgIpc) is 2.30. The summed E-state index contributed by atoms with van der Waals surface area (Å²) in [4.78, 5) is 11.3. The number of benzene rings is 1. The van der Waals surface area contributed by atoms with Crippen LogP contribution in [0.4, 0.5) is 0 Å². The molecule has 84 valence electrons. The summed E-state index contributed by atoms with van der Waals surface area (Å²) >= 11 is 5.48. The molecule has 0 saturated heterocycles. The third-order valence-electron chi connectivity index (χ3n) is 1.92. The number of hydrogen-bond acceptors (Lipinski definition) is 2. The molecule has 3 heteroatoms. The summed E-state index contributed by atoms with van der Waals surface area (Å²) in [7, 11) is 0. The lowest BCUT2D eigenvalue weighted by Crippen LogP contribution is -2.03. The molecule has 0 bridgehead atoms. The first-order valence-electron chi connectivity index (χ1n) is 4.90. The second kappa shape index (κ2) is 6.85. The van der Waals surface area contributed by atoms with Crippen LogP contribution in [-0.4, -0.2) is 11.8 Å². The minimum absolute atomic E-state index is 0.371. The van der Waals surface area contributed by atoms with Gasteiger partial charge in [-0.25, -0.2) is 4.79 Å². The molecular formula is C13H13ClO2. The van der Waals surface area contributed by atoms with Crippen LogP contribution in [-0.2, 0) is 9.53 Å². The Kier molecular flexibility index (Phi) is 5.37. The highest BCUT2D eigenvalue weighted by molar-refractivity contribution is 6.18. The Labute approximate surface area is 100 Å². The third-order valence-corrected chi connectivity index (χ3v) is 2.11. The van der Waals surface area contributed by atoms with Crippen LogP contribution in [0.5, 0.6) is 0 Å². The van der Waals surface area contributed by atoms with Gasteiger partial charge in [-0.3, -0.25) is 0 Å². The van der Waals surface area contributed by atoms with Crippen molar-refractivity contribution in [3.63, 3.8) is 0 Å². The molecule has 0 spiro atoms. The van der Waals surface area contributed by atoms with E-state index >= 15 is 0 Å². The molecule has 0 aromatic heterocycles. The molecule has 0 amide bonds. The van der Waals surface area contributed by atoms with E-state index in [4.69, 9.17) is 16.3 Å². The van der Waals surface area contributed by atoms with Crippen molar-refractivity contribution in [2.24, 2.45) is 0 Å². The van der Waals surface area contributed by atoms with Crippen LogP contribution >= 0.6 is 11.6 Å². The van der Waals surface area contributed by atoms with Crippen molar-refractivity contribution < 1.29 is 9.53 Å². The molecule has 0 aliphatic heterocycles. The number of rotatable bonds is 5. The number of carbonyl (C=O) groups is 1. The van der Waals surface area contributed by atoms with Crippen molar-refractivity contribution in [1.82, 2.24) is 0 Å². The van der Waals surface area contributed by atoms with Crippen molar-refractivity contribution >= 4 is 23.6 Å². The van der Waals surface area contributed by atoms with Crippen LogP contribution in [0.25, 0.3) is 6.08 Å². The summed E-state index contributed by atoms with van der Waals surface area (Å²) in [6.07, 6.45) is 3.52. The highest BCUT2D eigenvalue weighted by Gasteiger charge is 2.05. The van der Waals surface area contributed by atoms with Crippen LogP contribution < -0.4 is 0 Å². The maximum atomic E-state index is 11.3. The van der Waals surface area contributed by atoms with Crippen LogP contribution in [0.15, 0.2) is 48.7 Å². The summed E-state index contributed by atoms with van der Waals surface area (Å²) in [5.41, 5.74) is 1.35. The molecule has 16 heavy (non-hydrogen) atoms. The van der Waals surface area contributed by atoms with E-state index in [2.05, 4.69) is 6.58 Å². The van der Waals surface area contributed by atoms with E-state index in [0.717, 1.165) is 5.56 Å². The summed E-state index contributed by atoms with van der Waals surface area (Å²) in [5.74, 6) is -0.0658. The lowest BCUT2D eigenvalue weighted by atomic mass is 10.2. The number of esters is 1. The van der Waals surface area contributed by atoms with Gasteiger partial charge in [-0.2, -0.15) is 0 Å². The van der Waals surface area contributed by atoms with E-state index in [-0.39, 0.29) is 0 Å². The molecule has 0 unspecified atom stereocenters. The van der Waals surface area contributed by atoms with Crippen molar-refractivity contribution in [3.8, 4) is 0 Å². The van der Waals surface area contributed by atoms with Gasteiger partial charge in [0.15, 0.2) is 0 Å². The van der Waals surface area contributed by atoms with Gasteiger partial charge in [0.1, 0.15) is 0 Å². The Morgan fingerprint density at radius 2 is 2.06 bits per heavy atom. The first-order chi connectivity index (χ1) is 7.74.